The molecule has 3 nitrogen and oxygen atoms in total. The number of benzene rings is 1. The molecule has 0 radical (unpaired) electrons. The van der Waals surface area contributed by atoms with Crippen LogP contribution in [0, 0.1) is 0 Å². The second-order valence-electron chi connectivity index (χ2n) is 4.18. The van der Waals surface area contributed by atoms with Gasteiger partial charge in [-0.05, 0) is 5.56 Å². The minimum atomic E-state index is -2.49. The Balaban J connectivity index is 2.11. The average molecular weight is 333 g/mol. The summed E-state index contributed by atoms with van der Waals surface area (Å²) in [5.41, 5.74) is 1.36. The topological polar surface area (TPSA) is 35.0 Å². The van der Waals surface area contributed by atoms with Gasteiger partial charge in [0.1, 0.15) is 22.7 Å². The molecule has 1 aromatic carbocycles. The van der Waals surface area contributed by atoms with Crippen LogP contribution in [-0.4, -0.2) is 29.6 Å². The highest BCUT2D eigenvalue weighted by Crippen LogP contribution is 2.32. The first-order chi connectivity index (χ1) is 10.1. The van der Waals surface area contributed by atoms with Crippen molar-refractivity contribution in [3.63, 3.8) is 0 Å². The zero-order chi connectivity index (χ0) is 15.2. The van der Waals surface area contributed by atoms with Crippen molar-refractivity contribution in [3.8, 4) is 11.1 Å². The largest absolute Gasteiger partial charge is 0.375 e. The van der Waals surface area contributed by atoms with E-state index < -0.39 is 13.0 Å². The summed E-state index contributed by atoms with van der Waals surface area (Å²) in [6.07, 6.45) is -2.22. The van der Waals surface area contributed by atoms with Crippen LogP contribution in [0.4, 0.5) is 8.78 Å². The Kier molecular flexibility index (Phi) is 5.85. The van der Waals surface area contributed by atoms with Gasteiger partial charge in [0.25, 0.3) is 6.43 Å². The number of halogens is 4. The summed E-state index contributed by atoms with van der Waals surface area (Å²) in [5.74, 6) is 0.360. The molecule has 0 bridgehead atoms. The quantitative estimate of drug-likeness (QED) is 0.585. The van der Waals surface area contributed by atoms with Crippen molar-refractivity contribution in [3.05, 3.63) is 46.5 Å². The van der Waals surface area contributed by atoms with E-state index in [9.17, 15) is 8.78 Å². The number of alkyl halides is 2. The van der Waals surface area contributed by atoms with Gasteiger partial charge in [0.05, 0.1) is 12.2 Å². The first kappa shape index (κ1) is 16.1. The first-order valence-corrected chi connectivity index (χ1v) is 6.96. The predicted molar refractivity (Wildman–Crippen MR) is 78.0 cm³/mol. The minimum absolute atomic E-state index is 0.0850. The van der Waals surface area contributed by atoms with Crippen molar-refractivity contribution >= 4 is 23.2 Å². The molecular formula is C14H12Cl2F2N2O. The monoisotopic (exact) mass is 332 g/mol. The van der Waals surface area contributed by atoms with Crippen LogP contribution in [0.2, 0.25) is 10.3 Å². The molecule has 0 aliphatic rings. The van der Waals surface area contributed by atoms with Gasteiger partial charge >= 0.3 is 0 Å². The van der Waals surface area contributed by atoms with Crippen LogP contribution in [0.5, 0.6) is 0 Å². The fraction of sp³-hybridized carbons (Fsp3) is 0.286. The third-order valence-electron chi connectivity index (χ3n) is 2.64. The zero-order valence-electron chi connectivity index (χ0n) is 10.9. The van der Waals surface area contributed by atoms with Crippen molar-refractivity contribution in [2.45, 2.75) is 12.8 Å². The molecule has 0 N–H and O–H groups in total. The van der Waals surface area contributed by atoms with E-state index in [-0.39, 0.29) is 23.3 Å². The summed E-state index contributed by atoms with van der Waals surface area (Å²) in [6, 6.07) is 9.28. The molecule has 0 amide bonds. The maximum Gasteiger partial charge on any atom is 0.261 e. The van der Waals surface area contributed by atoms with Gasteiger partial charge in [-0.2, -0.15) is 0 Å². The van der Waals surface area contributed by atoms with Crippen LogP contribution < -0.4 is 0 Å². The van der Waals surface area contributed by atoms with Gasteiger partial charge in [0.2, 0.25) is 0 Å². The van der Waals surface area contributed by atoms with E-state index in [0.717, 1.165) is 5.56 Å². The van der Waals surface area contributed by atoms with Crippen LogP contribution >= 0.6 is 23.2 Å². The lowest BCUT2D eigenvalue weighted by atomic mass is 10.1. The lowest BCUT2D eigenvalue weighted by Crippen LogP contribution is -2.09. The molecule has 2 rings (SSSR count). The van der Waals surface area contributed by atoms with Crippen LogP contribution in [0.25, 0.3) is 11.1 Å². The number of nitrogens with zero attached hydrogens (tertiary/aromatic N) is 2. The predicted octanol–water partition coefficient (Wildman–Crippen LogP) is 4.27. The fourth-order valence-corrected chi connectivity index (χ4v) is 2.38. The normalized spacial score (nSPS) is 11.1. The van der Waals surface area contributed by atoms with Gasteiger partial charge in [-0.1, -0.05) is 53.5 Å². The maximum atomic E-state index is 11.9. The number of hydrogen-bond acceptors (Lipinski definition) is 3. The molecule has 7 heteroatoms. The Hall–Kier alpha value is -1.30. The van der Waals surface area contributed by atoms with Crippen molar-refractivity contribution in [2.75, 3.05) is 13.2 Å². The lowest BCUT2D eigenvalue weighted by molar-refractivity contribution is 0.0183. The molecule has 1 heterocycles. The molecule has 0 atom stereocenters. The van der Waals surface area contributed by atoms with Gasteiger partial charge in [-0.15, -0.1) is 0 Å². The third kappa shape index (κ3) is 4.59. The Bertz CT molecular complexity index is 574. The van der Waals surface area contributed by atoms with Crippen LogP contribution in [0.15, 0.2) is 30.3 Å². The molecule has 0 saturated heterocycles. The fourth-order valence-electron chi connectivity index (χ4n) is 1.74. The highest BCUT2D eigenvalue weighted by atomic mass is 35.5. The number of aromatic nitrogens is 2. The summed E-state index contributed by atoms with van der Waals surface area (Å²) in [7, 11) is 0. The van der Waals surface area contributed by atoms with Crippen molar-refractivity contribution in [2.24, 2.45) is 0 Å². The number of rotatable bonds is 6. The summed E-state index contributed by atoms with van der Waals surface area (Å²) < 4.78 is 28.6. The van der Waals surface area contributed by atoms with Gasteiger partial charge in [0, 0.05) is 6.42 Å². The molecule has 2 aromatic rings. The molecule has 0 aliphatic heterocycles. The van der Waals surface area contributed by atoms with Crippen molar-refractivity contribution in [1.82, 2.24) is 9.97 Å². The van der Waals surface area contributed by atoms with E-state index in [1.165, 1.54) is 0 Å². The summed E-state index contributed by atoms with van der Waals surface area (Å²) in [5, 5.41) is 0.454. The molecule has 0 saturated carbocycles. The van der Waals surface area contributed by atoms with Gasteiger partial charge in [-0.25, -0.2) is 18.7 Å². The Morgan fingerprint density at radius 3 is 2.24 bits per heavy atom. The third-order valence-corrected chi connectivity index (χ3v) is 3.19. The highest BCUT2D eigenvalue weighted by molar-refractivity contribution is 6.37. The highest BCUT2D eigenvalue weighted by Gasteiger charge is 2.13. The zero-order valence-corrected chi connectivity index (χ0v) is 12.4. The number of ether oxygens (including phenoxy) is 1. The lowest BCUT2D eigenvalue weighted by Gasteiger charge is -2.08. The SMILES string of the molecule is FC(F)COCCc1nc(Cl)c(-c2ccccc2)c(Cl)n1. The van der Waals surface area contributed by atoms with Crippen molar-refractivity contribution in [1.29, 1.82) is 0 Å². The number of hydrogen-bond donors (Lipinski definition) is 0. The summed E-state index contributed by atoms with van der Waals surface area (Å²) >= 11 is 12.3. The van der Waals surface area contributed by atoms with Crippen molar-refractivity contribution < 1.29 is 13.5 Å². The Morgan fingerprint density at radius 2 is 1.67 bits per heavy atom. The summed E-state index contributed by atoms with van der Waals surface area (Å²) in [6.45, 7) is -0.523. The molecule has 0 unspecified atom stereocenters. The van der Waals surface area contributed by atoms with Gasteiger partial charge in [-0.3, -0.25) is 0 Å². The first-order valence-electron chi connectivity index (χ1n) is 6.21. The minimum Gasteiger partial charge on any atom is -0.375 e. The Morgan fingerprint density at radius 1 is 1.05 bits per heavy atom. The van der Waals surface area contributed by atoms with Gasteiger partial charge < -0.3 is 4.74 Å². The smallest absolute Gasteiger partial charge is 0.261 e. The summed E-state index contributed by atoms with van der Waals surface area (Å²) in [4.78, 5) is 8.26. The van der Waals surface area contributed by atoms with E-state index in [1.807, 2.05) is 30.3 Å². The molecular weight excluding hydrogens is 321 g/mol. The van der Waals surface area contributed by atoms with Gasteiger partial charge in [0.15, 0.2) is 0 Å². The molecule has 1 aromatic heterocycles. The second-order valence-corrected chi connectivity index (χ2v) is 4.89. The molecule has 0 spiro atoms. The van der Waals surface area contributed by atoms with Crippen LogP contribution in [0.3, 0.4) is 0 Å². The average Bonchev–Trinajstić information content (AvgIpc) is 2.44. The van der Waals surface area contributed by atoms with E-state index in [4.69, 9.17) is 27.9 Å². The standard InChI is InChI=1S/C14H12Cl2F2N2O/c15-13-12(9-4-2-1-3-5-9)14(16)20-11(19-13)6-7-21-8-10(17)18/h1-5,10H,6-8H2. The molecule has 0 fully saturated rings. The molecule has 0 aliphatic carbocycles. The maximum absolute atomic E-state index is 11.9. The van der Waals surface area contributed by atoms with E-state index in [2.05, 4.69) is 9.97 Å². The van der Waals surface area contributed by atoms with E-state index >= 15 is 0 Å². The van der Waals surface area contributed by atoms with E-state index in [1.54, 1.807) is 0 Å². The van der Waals surface area contributed by atoms with Crippen LogP contribution in [-0.2, 0) is 11.2 Å². The Labute approximate surface area is 130 Å². The van der Waals surface area contributed by atoms with E-state index in [0.29, 0.717) is 11.4 Å². The molecule has 112 valence electrons. The van der Waals surface area contributed by atoms with Crippen LogP contribution in [0.1, 0.15) is 5.82 Å². The molecule has 21 heavy (non-hydrogen) atoms. The second kappa shape index (κ2) is 7.64.